The van der Waals surface area contributed by atoms with Crippen LogP contribution in [0.3, 0.4) is 0 Å². The van der Waals surface area contributed by atoms with Crippen molar-refractivity contribution in [3.63, 3.8) is 0 Å². The SMILES string of the molecule is CCCCc1ccc(OCC2CCC(CCl)CC2)cc1. The first-order chi connectivity index (χ1) is 9.81. The molecule has 2 heteroatoms. The van der Waals surface area contributed by atoms with Crippen LogP contribution in [0.5, 0.6) is 5.75 Å². The van der Waals surface area contributed by atoms with Crippen molar-refractivity contribution in [2.24, 2.45) is 11.8 Å². The van der Waals surface area contributed by atoms with E-state index in [2.05, 4.69) is 31.2 Å². The van der Waals surface area contributed by atoms with E-state index in [1.807, 2.05) is 0 Å². The normalized spacial score (nSPS) is 22.7. The monoisotopic (exact) mass is 294 g/mol. The highest BCUT2D eigenvalue weighted by Crippen LogP contribution is 2.30. The zero-order chi connectivity index (χ0) is 14.2. The molecule has 0 amide bonds. The zero-order valence-corrected chi connectivity index (χ0v) is 13.4. The molecule has 0 aromatic heterocycles. The number of unbranched alkanes of at least 4 members (excludes halogenated alkanes) is 1. The zero-order valence-electron chi connectivity index (χ0n) is 12.6. The van der Waals surface area contributed by atoms with Gasteiger partial charge < -0.3 is 4.74 Å². The van der Waals surface area contributed by atoms with Crippen molar-refractivity contribution in [1.82, 2.24) is 0 Å². The van der Waals surface area contributed by atoms with Crippen molar-refractivity contribution in [1.29, 1.82) is 0 Å². The molecule has 1 aromatic rings. The molecule has 0 N–H and O–H groups in total. The van der Waals surface area contributed by atoms with E-state index in [4.69, 9.17) is 16.3 Å². The Labute approximate surface area is 128 Å². The minimum absolute atomic E-state index is 0.717. The number of hydrogen-bond acceptors (Lipinski definition) is 1. The summed E-state index contributed by atoms with van der Waals surface area (Å²) in [6.45, 7) is 3.10. The molecule has 0 heterocycles. The van der Waals surface area contributed by atoms with Crippen LogP contribution in [-0.2, 0) is 6.42 Å². The highest BCUT2D eigenvalue weighted by molar-refractivity contribution is 6.18. The van der Waals surface area contributed by atoms with Gasteiger partial charge in [-0.1, -0.05) is 25.5 Å². The van der Waals surface area contributed by atoms with E-state index < -0.39 is 0 Å². The molecule has 112 valence electrons. The van der Waals surface area contributed by atoms with Gasteiger partial charge in [0.25, 0.3) is 0 Å². The number of benzene rings is 1. The van der Waals surface area contributed by atoms with Gasteiger partial charge in [-0.25, -0.2) is 0 Å². The Balaban J connectivity index is 1.71. The molecule has 0 aliphatic heterocycles. The molecule has 1 nitrogen and oxygen atoms in total. The van der Waals surface area contributed by atoms with Gasteiger partial charge in [-0.3, -0.25) is 0 Å². The van der Waals surface area contributed by atoms with E-state index >= 15 is 0 Å². The molecule has 1 saturated carbocycles. The fourth-order valence-corrected chi connectivity index (χ4v) is 3.21. The average molecular weight is 295 g/mol. The Hall–Kier alpha value is -0.690. The van der Waals surface area contributed by atoms with Crippen LogP contribution in [0.25, 0.3) is 0 Å². The molecule has 1 aliphatic rings. The van der Waals surface area contributed by atoms with Crippen molar-refractivity contribution < 1.29 is 4.74 Å². The van der Waals surface area contributed by atoms with Crippen molar-refractivity contribution in [2.45, 2.75) is 51.9 Å². The summed E-state index contributed by atoms with van der Waals surface area (Å²) < 4.78 is 5.94. The fourth-order valence-electron chi connectivity index (χ4n) is 2.90. The lowest BCUT2D eigenvalue weighted by Gasteiger charge is -2.27. The van der Waals surface area contributed by atoms with E-state index in [1.165, 1.54) is 50.5 Å². The van der Waals surface area contributed by atoms with Crippen molar-refractivity contribution in [3.8, 4) is 5.75 Å². The quantitative estimate of drug-likeness (QED) is 0.607. The lowest BCUT2D eigenvalue weighted by atomic mass is 9.83. The second-order valence-electron chi connectivity index (χ2n) is 6.10. The molecular weight excluding hydrogens is 268 g/mol. The van der Waals surface area contributed by atoms with Gasteiger partial charge >= 0.3 is 0 Å². The minimum atomic E-state index is 0.717. The third kappa shape index (κ3) is 5.01. The van der Waals surface area contributed by atoms with Gasteiger partial charge in [-0.05, 0) is 68.1 Å². The molecule has 0 spiro atoms. The maximum absolute atomic E-state index is 5.94. The van der Waals surface area contributed by atoms with Gasteiger partial charge in [-0.2, -0.15) is 0 Å². The van der Waals surface area contributed by atoms with Crippen LogP contribution in [-0.4, -0.2) is 12.5 Å². The number of alkyl halides is 1. The first-order valence-corrected chi connectivity index (χ1v) is 8.63. The van der Waals surface area contributed by atoms with Crippen molar-refractivity contribution in [2.75, 3.05) is 12.5 Å². The molecular formula is C18H27ClO. The predicted octanol–water partition coefficient (Wildman–Crippen LogP) is 5.45. The van der Waals surface area contributed by atoms with E-state index in [0.29, 0.717) is 5.92 Å². The van der Waals surface area contributed by atoms with Crippen LogP contribution in [0.4, 0.5) is 0 Å². The van der Waals surface area contributed by atoms with Gasteiger partial charge in [-0.15, -0.1) is 11.6 Å². The summed E-state index contributed by atoms with van der Waals surface area (Å²) in [5, 5.41) is 0. The van der Waals surface area contributed by atoms with E-state index in [0.717, 1.165) is 24.2 Å². The molecule has 2 rings (SSSR count). The maximum atomic E-state index is 5.94. The van der Waals surface area contributed by atoms with Crippen LogP contribution in [0.1, 0.15) is 51.0 Å². The summed E-state index contributed by atoms with van der Waals surface area (Å²) >= 11 is 5.92. The number of hydrogen-bond donors (Lipinski definition) is 0. The number of halogens is 1. The van der Waals surface area contributed by atoms with Gasteiger partial charge in [0, 0.05) is 5.88 Å². The number of aryl methyl sites for hydroxylation is 1. The molecule has 0 saturated heterocycles. The third-order valence-electron chi connectivity index (χ3n) is 4.41. The fraction of sp³-hybridized carbons (Fsp3) is 0.667. The Morgan fingerprint density at radius 1 is 1.05 bits per heavy atom. The van der Waals surface area contributed by atoms with E-state index in [-0.39, 0.29) is 0 Å². The van der Waals surface area contributed by atoms with Gasteiger partial charge in [0.15, 0.2) is 0 Å². The minimum Gasteiger partial charge on any atom is -0.493 e. The first-order valence-electron chi connectivity index (χ1n) is 8.09. The lowest BCUT2D eigenvalue weighted by Crippen LogP contribution is -2.20. The largest absolute Gasteiger partial charge is 0.493 e. The Kier molecular flexibility index (Phi) is 6.72. The van der Waals surface area contributed by atoms with Crippen molar-refractivity contribution in [3.05, 3.63) is 29.8 Å². The Morgan fingerprint density at radius 3 is 2.30 bits per heavy atom. The summed E-state index contributed by atoms with van der Waals surface area (Å²) in [6.07, 6.45) is 8.78. The molecule has 20 heavy (non-hydrogen) atoms. The summed E-state index contributed by atoms with van der Waals surface area (Å²) in [4.78, 5) is 0. The molecule has 1 aromatic carbocycles. The highest BCUT2D eigenvalue weighted by Gasteiger charge is 2.20. The Bertz CT molecular complexity index is 366. The summed E-state index contributed by atoms with van der Waals surface area (Å²) in [5.74, 6) is 3.30. The molecule has 0 unspecified atom stereocenters. The molecule has 0 radical (unpaired) electrons. The number of rotatable bonds is 7. The highest BCUT2D eigenvalue weighted by atomic mass is 35.5. The maximum Gasteiger partial charge on any atom is 0.119 e. The van der Waals surface area contributed by atoms with Crippen LogP contribution in [0, 0.1) is 11.8 Å². The molecule has 0 atom stereocenters. The van der Waals surface area contributed by atoms with Gasteiger partial charge in [0.05, 0.1) is 6.61 Å². The molecule has 1 aliphatic carbocycles. The summed E-state index contributed by atoms with van der Waals surface area (Å²) in [6, 6.07) is 8.65. The topological polar surface area (TPSA) is 9.23 Å². The average Bonchev–Trinajstić information content (AvgIpc) is 2.52. The third-order valence-corrected chi connectivity index (χ3v) is 4.85. The number of ether oxygens (including phenoxy) is 1. The Morgan fingerprint density at radius 2 is 1.70 bits per heavy atom. The van der Waals surface area contributed by atoms with Crippen LogP contribution < -0.4 is 4.74 Å². The van der Waals surface area contributed by atoms with Crippen LogP contribution >= 0.6 is 11.6 Å². The van der Waals surface area contributed by atoms with E-state index in [1.54, 1.807) is 0 Å². The first kappa shape index (κ1) is 15.7. The molecule has 1 fully saturated rings. The smallest absolute Gasteiger partial charge is 0.119 e. The predicted molar refractivity (Wildman–Crippen MR) is 86.7 cm³/mol. The lowest BCUT2D eigenvalue weighted by molar-refractivity contribution is 0.189. The van der Waals surface area contributed by atoms with Crippen LogP contribution in [0.2, 0.25) is 0 Å². The molecule has 0 bridgehead atoms. The summed E-state index contributed by atoms with van der Waals surface area (Å²) in [7, 11) is 0. The van der Waals surface area contributed by atoms with Crippen LogP contribution in [0.15, 0.2) is 24.3 Å². The standard InChI is InChI=1S/C18H27ClO/c1-2-3-4-15-9-11-18(12-10-15)20-14-17-7-5-16(13-19)6-8-17/h9-12,16-17H,2-8,13-14H2,1H3. The van der Waals surface area contributed by atoms with E-state index in [9.17, 15) is 0 Å². The summed E-state index contributed by atoms with van der Waals surface area (Å²) in [5.41, 5.74) is 1.42. The van der Waals surface area contributed by atoms with Gasteiger partial charge in [0.1, 0.15) is 5.75 Å². The van der Waals surface area contributed by atoms with Crippen molar-refractivity contribution >= 4 is 11.6 Å². The second kappa shape index (κ2) is 8.56. The van der Waals surface area contributed by atoms with Gasteiger partial charge in [0.2, 0.25) is 0 Å². The second-order valence-corrected chi connectivity index (χ2v) is 6.41.